The van der Waals surface area contributed by atoms with Crippen LogP contribution in [-0.4, -0.2) is 45.4 Å². The van der Waals surface area contributed by atoms with Gasteiger partial charge in [-0.15, -0.1) is 0 Å². The molecule has 2 aromatic carbocycles. The topological polar surface area (TPSA) is 84.9 Å². The fourth-order valence-corrected chi connectivity index (χ4v) is 5.17. The van der Waals surface area contributed by atoms with Crippen molar-refractivity contribution < 1.29 is 22.7 Å². The van der Waals surface area contributed by atoms with E-state index in [0.717, 1.165) is 12.8 Å². The number of rotatable bonds is 7. The Bertz CT molecular complexity index is 995. The second-order valence-electron chi connectivity index (χ2n) is 6.98. The van der Waals surface area contributed by atoms with Crippen molar-refractivity contribution in [2.75, 3.05) is 20.8 Å². The van der Waals surface area contributed by atoms with E-state index in [1.54, 1.807) is 25.3 Å². The van der Waals surface area contributed by atoms with Crippen molar-refractivity contribution in [3.8, 4) is 11.5 Å². The summed E-state index contributed by atoms with van der Waals surface area (Å²) in [5.74, 6) is 0.784. The van der Waals surface area contributed by atoms with Crippen molar-refractivity contribution in [2.45, 2.75) is 36.7 Å². The molecule has 1 atom stereocenters. The molecule has 1 heterocycles. The number of amides is 1. The molecule has 0 radical (unpaired) electrons. The lowest BCUT2D eigenvalue weighted by Crippen LogP contribution is -2.48. The summed E-state index contributed by atoms with van der Waals surface area (Å²) in [5, 5.41) is 3.26. The van der Waals surface area contributed by atoms with Crippen molar-refractivity contribution >= 4 is 27.5 Å². The first-order chi connectivity index (χ1) is 14.4. The number of sulfonamides is 1. The Kier molecular flexibility index (Phi) is 7.23. The first-order valence-electron chi connectivity index (χ1n) is 9.63. The summed E-state index contributed by atoms with van der Waals surface area (Å²) in [6.45, 7) is 0.520. The lowest BCUT2D eigenvalue weighted by Gasteiger charge is -2.29. The van der Waals surface area contributed by atoms with Crippen LogP contribution >= 0.6 is 11.6 Å². The molecular weight excluding hydrogens is 428 g/mol. The molecule has 1 aliphatic rings. The molecule has 1 saturated heterocycles. The van der Waals surface area contributed by atoms with Crippen molar-refractivity contribution in [3.63, 3.8) is 0 Å². The number of carbonyl (C=O) groups excluding carboxylic acids is 1. The van der Waals surface area contributed by atoms with Crippen LogP contribution in [0.2, 0.25) is 5.02 Å². The van der Waals surface area contributed by atoms with E-state index >= 15 is 0 Å². The SMILES string of the molecule is COc1ccc(CN(C2CCCCNC2=O)S(=O)(=O)c2ccc(Cl)cc2)c(OC)c1. The van der Waals surface area contributed by atoms with Crippen molar-refractivity contribution in [2.24, 2.45) is 0 Å². The molecule has 1 fully saturated rings. The van der Waals surface area contributed by atoms with Crippen LogP contribution in [0.25, 0.3) is 0 Å². The van der Waals surface area contributed by atoms with Crippen molar-refractivity contribution in [1.82, 2.24) is 9.62 Å². The lowest BCUT2D eigenvalue weighted by atomic mass is 10.1. The normalized spacial score (nSPS) is 17.3. The van der Waals surface area contributed by atoms with Gasteiger partial charge in [-0.05, 0) is 49.6 Å². The van der Waals surface area contributed by atoms with Crippen LogP contribution in [0.3, 0.4) is 0 Å². The van der Waals surface area contributed by atoms with Gasteiger partial charge in [-0.2, -0.15) is 4.31 Å². The molecule has 9 heteroatoms. The van der Waals surface area contributed by atoms with Gasteiger partial charge in [-0.25, -0.2) is 8.42 Å². The van der Waals surface area contributed by atoms with Crippen LogP contribution < -0.4 is 14.8 Å². The Labute approximate surface area is 182 Å². The largest absolute Gasteiger partial charge is 0.497 e. The van der Waals surface area contributed by atoms with E-state index in [4.69, 9.17) is 21.1 Å². The maximum atomic E-state index is 13.6. The molecule has 0 bridgehead atoms. The highest BCUT2D eigenvalue weighted by Crippen LogP contribution is 2.30. The van der Waals surface area contributed by atoms with E-state index in [9.17, 15) is 13.2 Å². The molecule has 162 valence electrons. The van der Waals surface area contributed by atoms with E-state index in [0.29, 0.717) is 35.1 Å². The van der Waals surface area contributed by atoms with Gasteiger partial charge < -0.3 is 14.8 Å². The number of ether oxygens (including phenoxy) is 2. The summed E-state index contributed by atoms with van der Waals surface area (Å²) in [5.41, 5.74) is 0.632. The Hall–Kier alpha value is -2.29. The van der Waals surface area contributed by atoms with Gasteiger partial charge in [0.05, 0.1) is 19.1 Å². The number of hydrogen-bond donors (Lipinski definition) is 1. The number of benzene rings is 2. The summed E-state index contributed by atoms with van der Waals surface area (Å²) in [7, 11) is -0.927. The van der Waals surface area contributed by atoms with E-state index in [1.165, 1.54) is 35.7 Å². The minimum Gasteiger partial charge on any atom is -0.497 e. The van der Waals surface area contributed by atoms with Crippen molar-refractivity contribution in [1.29, 1.82) is 0 Å². The predicted octanol–water partition coefficient (Wildman–Crippen LogP) is 3.22. The third kappa shape index (κ3) is 4.88. The third-order valence-corrected chi connectivity index (χ3v) is 7.22. The maximum absolute atomic E-state index is 13.6. The van der Waals surface area contributed by atoms with Gasteiger partial charge >= 0.3 is 0 Å². The van der Waals surface area contributed by atoms with Crippen LogP contribution in [0.1, 0.15) is 24.8 Å². The first kappa shape index (κ1) is 22.4. The summed E-state index contributed by atoms with van der Waals surface area (Å²) in [6.07, 6.45) is 2.00. The number of nitrogens with one attached hydrogen (secondary N) is 1. The van der Waals surface area contributed by atoms with Gasteiger partial charge in [-0.3, -0.25) is 4.79 Å². The zero-order valence-corrected chi connectivity index (χ0v) is 18.5. The quantitative estimate of drug-likeness (QED) is 0.697. The lowest BCUT2D eigenvalue weighted by molar-refractivity contribution is -0.124. The van der Waals surface area contributed by atoms with E-state index in [1.807, 2.05) is 0 Å². The van der Waals surface area contributed by atoms with Crippen LogP contribution in [0, 0.1) is 0 Å². The second-order valence-corrected chi connectivity index (χ2v) is 9.31. The molecule has 0 aromatic heterocycles. The maximum Gasteiger partial charge on any atom is 0.244 e. The van der Waals surface area contributed by atoms with E-state index in [-0.39, 0.29) is 17.3 Å². The van der Waals surface area contributed by atoms with Crippen molar-refractivity contribution in [3.05, 3.63) is 53.1 Å². The average molecular weight is 453 g/mol. The predicted molar refractivity (Wildman–Crippen MR) is 114 cm³/mol. The van der Waals surface area contributed by atoms with Gasteiger partial charge in [-0.1, -0.05) is 17.7 Å². The second kappa shape index (κ2) is 9.68. The highest BCUT2D eigenvalue weighted by atomic mass is 35.5. The molecule has 2 aromatic rings. The molecular formula is C21H25ClN2O5S. The van der Waals surface area contributed by atoms with E-state index < -0.39 is 16.1 Å². The zero-order valence-electron chi connectivity index (χ0n) is 16.9. The molecule has 0 spiro atoms. The Morgan fingerprint density at radius 3 is 2.50 bits per heavy atom. The van der Waals surface area contributed by atoms with Crippen LogP contribution in [0.4, 0.5) is 0 Å². The Morgan fingerprint density at radius 1 is 1.10 bits per heavy atom. The Balaban J connectivity index is 2.06. The summed E-state index contributed by atoms with van der Waals surface area (Å²) >= 11 is 5.93. The van der Waals surface area contributed by atoms with Gasteiger partial charge in [0.2, 0.25) is 15.9 Å². The minimum absolute atomic E-state index is 0.0176. The monoisotopic (exact) mass is 452 g/mol. The number of carbonyl (C=O) groups is 1. The van der Waals surface area contributed by atoms with Crippen LogP contribution in [0.5, 0.6) is 11.5 Å². The van der Waals surface area contributed by atoms with Crippen LogP contribution in [-0.2, 0) is 21.4 Å². The summed E-state index contributed by atoms with van der Waals surface area (Å²) < 4.78 is 39.0. The molecule has 0 aliphatic carbocycles. The van der Waals surface area contributed by atoms with Crippen LogP contribution in [0.15, 0.2) is 47.4 Å². The zero-order chi connectivity index (χ0) is 21.7. The number of nitrogens with zero attached hydrogens (tertiary/aromatic N) is 1. The first-order valence-corrected chi connectivity index (χ1v) is 11.4. The minimum atomic E-state index is -3.98. The fourth-order valence-electron chi connectivity index (χ4n) is 3.45. The molecule has 1 aliphatic heterocycles. The number of methoxy groups -OCH3 is 2. The molecule has 1 N–H and O–H groups in total. The molecule has 1 unspecified atom stereocenters. The molecule has 30 heavy (non-hydrogen) atoms. The smallest absolute Gasteiger partial charge is 0.244 e. The molecule has 0 saturated carbocycles. The number of hydrogen-bond acceptors (Lipinski definition) is 5. The van der Waals surface area contributed by atoms with Gasteiger partial charge in [0.1, 0.15) is 17.5 Å². The molecule has 7 nitrogen and oxygen atoms in total. The third-order valence-electron chi connectivity index (χ3n) is 5.09. The standard InChI is InChI=1S/C21H25ClN2O5S/c1-28-17-9-6-15(20(13-17)29-2)14-24(19-5-3-4-12-23-21(19)25)30(26,27)18-10-7-16(22)8-11-18/h6-11,13,19H,3-5,12,14H2,1-2H3,(H,23,25). The molecule has 3 rings (SSSR count). The average Bonchev–Trinajstić information content (AvgIpc) is 2.96. The summed E-state index contributed by atoms with van der Waals surface area (Å²) in [4.78, 5) is 12.8. The number of halogens is 1. The van der Waals surface area contributed by atoms with Gasteiger partial charge in [0.25, 0.3) is 0 Å². The highest BCUT2D eigenvalue weighted by Gasteiger charge is 2.37. The molecule has 1 amide bonds. The highest BCUT2D eigenvalue weighted by molar-refractivity contribution is 7.89. The summed E-state index contributed by atoms with van der Waals surface area (Å²) in [6, 6.07) is 10.3. The van der Waals surface area contributed by atoms with E-state index in [2.05, 4.69) is 5.32 Å². The van der Waals surface area contributed by atoms with Gasteiger partial charge in [0, 0.05) is 29.7 Å². The fraction of sp³-hybridized carbons (Fsp3) is 0.381. The van der Waals surface area contributed by atoms with Gasteiger partial charge in [0.15, 0.2) is 0 Å². The Morgan fingerprint density at radius 2 is 1.83 bits per heavy atom.